The predicted molar refractivity (Wildman–Crippen MR) is 79.7 cm³/mol. The van der Waals surface area contributed by atoms with Gasteiger partial charge in [-0.05, 0) is 25.5 Å². The molecule has 0 amide bonds. The number of carbonyl (C=O) groups excluding carboxylic acids is 2. The van der Waals surface area contributed by atoms with E-state index in [0.717, 1.165) is 24.2 Å². The van der Waals surface area contributed by atoms with Gasteiger partial charge >= 0.3 is 5.97 Å². The highest BCUT2D eigenvalue weighted by atomic mass is 16.6. The number of rotatable bonds is 6. The first-order chi connectivity index (χ1) is 10.2. The van der Waals surface area contributed by atoms with Gasteiger partial charge in [0.25, 0.3) is 0 Å². The van der Waals surface area contributed by atoms with E-state index in [1.165, 1.54) is 0 Å². The third-order valence-electron chi connectivity index (χ3n) is 3.41. The van der Waals surface area contributed by atoms with Gasteiger partial charge in [0.2, 0.25) is 0 Å². The Morgan fingerprint density at radius 2 is 2.14 bits per heavy atom. The van der Waals surface area contributed by atoms with Gasteiger partial charge in [-0.3, -0.25) is 4.79 Å². The third kappa shape index (κ3) is 4.29. The van der Waals surface area contributed by atoms with Gasteiger partial charge in [0.05, 0.1) is 13.2 Å². The normalized spacial score (nSPS) is 14.5. The van der Waals surface area contributed by atoms with E-state index in [1.54, 1.807) is 6.92 Å². The molecule has 114 valence electrons. The highest BCUT2D eigenvalue weighted by Crippen LogP contribution is 2.25. The summed E-state index contributed by atoms with van der Waals surface area (Å²) >= 11 is 0. The first-order valence-corrected chi connectivity index (χ1v) is 7.33. The molecule has 21 heavy (non-hydrogen) atoms. The van der Waals surface area contributed by atoms with Crippen LogP contribution >= 0.6 is 0 Å². The highest BCUT2D eigenvalue weighted by Gasteiger charge is 2.20. The van der Waals surface area contributed by atoms with Crippen LogP contribution in [0.2, 0.25) is 0 Å². The minimum Gasteiger partial charge on any atom is -0.464 e. The number of hydrogen-bond acceptors (Lipinski definition) is 5. The third-order valence-corrected chi connectivity index (χ3v) is 3.41. The molecule has 0 N–H and O–H groups in total. The van der Waals surface area contributed by atoms with Crippen LogP contribution in [-0.4, -0.2) is 44.7 Å². The number of anilines is 1. The predicted octanol–water partition coefficient (Wildman–Crippen LogP) is 2.05. The van der Waals surface area contributed by atoms with E-state index in [1.807, 2.05) is 24.3 Å². The Balaban J connectivity index is 1.90. The average molecular weight is 291 g/mol. The summed E-state index contributed by atoms with van der Waals surface area (Å²) in [5.74, 6) is -0.149. The molecule has 0 fully saturated rings. The standard InChI is InChI=1S/C16H21NO4/c1-2-21-16(19)12-20-11-10-17-9-5-8-15(18)13-6-3-4-7-14(13)17/h3-4,6-7H,2,5,8-12H2,1H3. The minimum absolute atomic E-state index is 0.0255. The van der Waals surface area contributed by atoms with E-state index in [-0.39, 0.29) is 18.4 Å². The number of Topliss-reactive ketones (excluding diaryl/α,β-unsaturated/α-hetero) is 1. The maximum Gasteiger partial charge on any atom is 0.332 e. The van der Waals surface area contributed by atoms with Crippen molar-refractivity contribution in [2.45, 2.75) is 19.8 Å². The second-order valence-corrected chi connectivity index (χ2v) is 4.89. The molecular formula is C16H21NO4. The van der Waals surface area contributed by atoms with Gasteiger partial charge in [0.15, 0.2) is 5.78 Å². The van der Waals surface area contributed by atoms with E-state index >= 15 is 0 Å². The topological polar surface area (TPSA) is 55.8 Å². The SMILES string of the molecule is CCOC(=O)COCCN1CCCC(=O)c2ccccc21. The lowest BCUT2D eigenvalue weighted by Gasteiger charge is -2.24. The molecule has 0 radical (unpaired) electrons. The van der Waals surface area contributed by atoms with Crippen LogP contribution in [0.3, 0.4) is 0 Å². The fourth-order valence-corrected chi connectivity index (χ4v) is 2.44. The molecule has 1 aliphatic rings. The van der Waals surface area contributed by atoms with Crippen LogP contribution in [0.25, 0.3) is 0 Å². The second kappa shape index (κ2) is 7.78. The number of nitrogens with zero attached hydrogens (tertiary/aromatic N) is 1. The number of benzene rings is 1. The van der Waals surface area contributed by atoms with Crippen molar-refractivity contribution in [3.63, 3.8) is 0 Å². The van der Waals surface area contributed by atoms with Crippen LogP contribution in [0, 0.1) is 0 Å². The summed E-state index contributed by atoms with van der Waals surface area (Å²) in [6, 6.07) is 7.65. The molecule has 0 aromatic heterocycles. The van der Waals surface area contributed by atoms with Gasteiger partial charge in [-0.15, -0.1) is 0 Å². The van der Waals surface area contributed by atoms with Crippen LogP contribution in [0.4, 0.5) is 5.69 Å². The summed E-state index contributed by atoms with van der Waals surface area (Å²) in [6.07, 6.45) is 1.42. The molecular weight excluding hydrogens is 270 g/mol. The lowest BCUT2D eigenvalue weighted by molar-refractivity contribution is -0.148. The smallest absolute Gasteiger partial charge is 0.332 e. The number of fused-ring (bicyclic) bond motifs is 1. The number of ketones is 1. The van der Waals surface area contributed by atoms with Gasteiger partial charge in [0, 0.05) is 30.8 Å². The van der Waals surface area contributed by atoms with E-state index in [0.29, 0.717) is 26.2 Å². The molecule has 2 rings (SSSR count). The lowest BCUT2D eigenvalue weighted by atomic mass is 10.1. The van der Waals surface area contributed by atoms with Gasteiger partial charge < -0.3 is 14.4 Å². The summed E-state index contributed by atoms with van der Waals surface area (Å²) < 4.78 is 10.1. The zero-order valence-electron chi connectivity index (χ0n) is 12.3. The van der Waals surface area contributed by atoms with Crippen LogP contribution in [0.1, 0.15) is 30.1 Å². The Labute approximate surface area is 124 Å². The van der Waals surface area contributed by atoms with Gasteiger partial charge in [0.1, 0.15) is 6.61 Å². The quantitative estimate of drug-likeness (QED) is 0.593. The molecule has 1 aliphatic heterocycles. The molecule has 1 aromatic carbocycles. The Kier molecular flexibility index (Phi) is 5.75. The van der Waals surface area contributed by atoms with Gasteiger partial charge in [-0.25, -0.2) is 4.79 Å². The highest BCUT2D eigenvalue weighted by molar-refractivity contribution is 6.01. The number of para-hydroxylation sites is 1. The zero-order chi connectivity index (χ0) is 15.1. The van der Waals surface area contributed by atoms with Crippen LogP contribution in [0.5, 0.6) is 0 Å². The lowest BCUT2D eigenvalue weighted by Crippen LogP contribution is -2.29. The molecule has 0 bridgehead atoms. The zero-order valence-corrected chi connectivity index (χ0v) is 12.3. The van der Waals surface area contributed by atoms with Crippen molar-refractivity contribution < 1.29 is 19.1 Å². The van der Waals surface area contributed by atoms with Gasteiger partial charge in [-0.1, -0.05) is 12.1 Å². The molecule has 0 unspecified atom stereocenters. The Morgan fingerprint density at radius 3 is 2.95 bits per heavy atom. The monoisotopic (exact) mass is 291 g/mol. The Hall–Kier alpha value is -1.88. The fraction of sp³-hybridized carbons (Fsp3) is 0.500. The fourth-order valence-electron chi connectivity index (χ4n) is 2.44. The van der Waals surface area contributed by atoms with E-state index in [2.05, 4.69) is 4.90 Å². The number of carbonyl (C=O) groups is 2. The minimum atomic E-state index is -0.344. The second-order valence-electron chi connectivity index (χ2n) is 4.89. The average Bonchev–Trinajstić information content (AvgIpc) is 2.64. The van der Waals surface area contributed by atoms with Crippen molar-refractivity contribution in [1.82, 2.24) is 0 Å². The largest absolute Gasteiger partial charge is 0.464 e. The van der Waals surface area contributed by atoms with Gasteiger partial charge in [-0.2, -0.15) is 0 Å². The summed E-state index contributed by atoms with van der Waals surface area (Å²) in [5, 5.41) is 0. The van der Waals surface area contributed by atoms with Crippen molar-refractivity contribution in [2.75, 3.05) is 37.8 Å². The molecule has 5 nitrogen and oxygen atoms in total. The van der Waals surface area contributed by atoms with Crippen LogP contribution < -0.4 is 4.90 Å². The molecule has 1 aromatic rings. The van der Waals surface area contributed by atoms with Crippen molar-refractivity contribution in [2.24, 2.45) is 0 Å². The van der Waals surface area contributed by atoms with E-state index < -0.39 is 0 Å². The Bertz CT molecular complexity index is 501. The first kappa shape index (κ1) is 15.5. The maximum atomic E-state index is 12.0. The summed E-state index contributed by atoms with van der Waals surface area (Å²) in [6.45, 7) is 4.02. The molecule has 0 atom stereocenters. The molecule has 1 heterocycles. The molecule has 5 heteroatoms. The molecule has 0 saturated heterocycles. The van der Waals surface area contributed by atoms with E-state index in [9.17, 15) is 9.59 Å². The van der Waals surface area contributed by atoms with Crippen molar-refractivity contribution >= 4 is 17.4 Å². The number of ether oxygens (including phenoxy) is 2. The molecule has 0 aliphatic carbocycles. The van der Waals surface area contributed by atoms with Crippen molar-refractivity contribution in [3.05, 3.63) is 29.8 Å². The maximum absolute atomic E-state index is 12.0. The first-order valence-electron chi connectivity index (χ1n) is 7.33. The molecule has 0 spiro atoms. The Morgan fingerprint density at radius 1 is 1.33 bits per heavy atom. The summed E-state index contributed by atoms with van der Waals surface area (Å²) in [5.41, 5.74) is 1.74. The van der Waals surface area contributed by atoms with Crippen molar-refractivity contribution in [1.29, 1.82) is 0 Å². The number of esters is 1. The van der Waals surface area contributed by atoms with E-state index in [4.69, 9.17) is 9.47 Å². The van der Waals surface area contributed by atoms with Crippen LogP contribution in [0.15, 0.2) is 24.3 Å². The molecule has 0 saturated carbocycles. The van der Waals surface area contributed by atoms with Crippen LogP contribution in [-0.2, 0) is 14.3 Å². The summed E-state index contributed by atoms with van der Waals surface area (Å²) in [7, 11) is 0. The summed E-state index contributed by atoms with van der Waals surface area (Å²) in [4.78, 5) is 25.4. The number of hydrogen-bond donors (Lipinski definition) is 0. The van der Waals surface area contributed by atoms with Crippen molar-refractivity contribution in [3.8, 4) is 0 Å².